The summed E-state index contributed by atoms with van der Waals surface area (Å²) in [7, 11) is 1.61. The highest BCUT2D eigenvalue weighted by atomic mass is 35.5. The van der Waals surface area contributed by atoms with Crippen molar-refractivity contribution >= 4 is 46.3 Å². The van der Waals surface area contributed by atoms with Crippen molar-refractivity contribution in [2.45, 2.75) is 0 Å². The molecule has 0 saturated carbocycles. The van der Waals surface area contributed by atoms with E-state index >= 15 is 0 Å². The highest BCUT2D eigenvalue weighted by Crippen LogP contribution is 2.32. The number of ether oxygens (including phenoxy) is 1. The summed E-state index contributed by atoms with van der Waals surface area (Å²) in [5, 5.41) is 7.26. The van der Waals surface area contributed by atoms with Crippen molar-refractivity contribution in [3.05, 3.63) is 64.8 Å². The molecule has 3 rings (SSSR count). The van der Waals surface area contributed by atoms with E-state index in [1.165, 1.54) is 0 Å². The standard InChI is InChI=1S/C17H14Cl2N4O/c1-24-14-8-3-2-7-13(14)21-17-20-10-9-15(23-17)22-16-11(18)5-4-6-12(16)19/h2-10H,1H3,(H2,20,21,22,23). The summed E-state index contributed by atoms with van der Waals surface area (Å²) in [4.78, 5) is 8.63. The molecule has 5 nitrogen and oxygen atoms in total. The first-order valence-electron chi connectivity index (χ1n) is 7.11. The highest BCUT2D eigenvalue weighted by Gasteiger charge is 2.08. The zero-order valence-corrected chi connectivity index (χ0v) is 14.3. The number of nitrogens with zero attached hydrogens (tertiary/aromatic N) is 2. The van der Waals surface area contributed by atoms with Crippen LogP contribution >= 0.6 is 23.2 Å². The number of hydrogen-bond acceptors (Lipinski definition) is 5. The Kier molecular flexibility index (Phi) is 5.03. The largest absolute Gasteiger partial charge is 0.495 e. The summed E-state index contributed by atoms with van der Waals surface area (Å²) in [6.45, 7) is 0. The summed E-state index contributed by atoms with van der Waals surface area (Å²) in [6, 6.07) is 14.5. The molecule has 122 valence electrons. The van der Waals surface area contributed by atoms with Gasteiger partial charge < -0.3 is 15.4 Å². The van der Waals surface area contributed by atoms with Crippen LogP contribution in [0.2, 0.25) is 10.0 Å². The Balaban J connectivity index is 1.84. The van der Waals surface area contributed by atoms with Gasteiger partial charge >= 0.3 is 0 Å². The molecule has 2 aromatic carbocycles. The van der Waals surface area contributed by atoms with Crippen LogP contribution in [0.1, 0.15) is 0 Å². The lowest BCUT2D eigenvalue weighted by Gasteiger charge is -2.12. The zero-order valence-electron chi connectivity index (χ0n) is 12.8. The Bertz CT molecular complexity index is 837. The Hall–Kier alpha value is -2.50. The summed E-state index contributed by atoms with van der Waals surface area (Å²) in [5.41, 5.74) is 1.37. The second-order valence-electron chi connectivity index (χ2n) is 4.81. The lowest BCUT2D eigenvalue weighted by Crippen LogP contribution is -2.02. The molecule has 0 atom stereocenters. The van der Waals surface area contributed by atoms with Crippen molar-refractivity contribution in [1.29, 1.82) is 0 Å². The molecule has 7 heteroatoms. The normalized spacial score (nSPS) is 10.3. The van der Waals surface area contributed by atoms with Crippen molar-refractivity contribution in [1.82, 2.24) is 9.97 Å². The second-order valence-corrected chi connectivity index (χ2v) is 5.63. The number of nitrogens with one attached hydrogen (secondary N) is 2. The van der Waals surface area contributed by atoms with E-state index in [0.717, 1.165) is 5.69 Å². The first-order chi connectivity index (χ1) is 11.7. The van der Waals surface area contributed by atoms with E-state index in [1.54, 1.807) is 37.6 Å². The first kappa shape index (κ1) is 16.4. The van der Waals surface area contributed by atoms with E-state index in [9.17, 15) is 0 Å². The number of para-hydroxylation sites is 3. The van der Waals surface area contributed by atoms with E-state index in [-0.39, 0.29) is 0 Å². The van der Waals surface area contributed by atoms with Crippen molar-refractivity contribution in [2.24, 2.45) is 0 Å². The van der Waals surface area contributed by atoms with Crippen molar-refractivity contribution < 1.29 is 4.74 Å². The highest BCUT2D eigenvalue weighted by molar-refractivity contribution is 6.39. The van der Waals surface area contributed by atoms with Crippen LogP contribution in [-0.2, 0) is 0 Å². The number of methoxy groups -OCH3 is 1. The van der Waals surface area contributed by atoms with Gasteiger partial charge in [0, 0.05) is 6.20 Å². The molecule has 0 aliphatic rings. The van der Waals surface area contributed by atoms with Crippen LogP contribution < -0.4 is 15.4 Å². The van der Waals surface area contributed by atoms with Gasteiger partial charge in [-0.15, -0.1) is 0 Å². The molecule has 0 aliphatic heterocycles. The molecule has 0 amide bonds. The van der Waals surface area contributed by atoms with Crippen LogP contribution in [0.5, 0.6) is 5.75 Å². The molecule has 2 N–H and O–H groups in total. The number of anilines is 4. The van der Waals surface area contributed by atoms with Gasteiger partial charge in [0.25, 0.3) is 0 Å². The molecule has 1 heterocycles. The maximum Gasteiger partial charge on any atom is 0.229 e. The third kappa shape index (κ3) is 3.69. The minimum Gasteiger partial charge on any atom is -0.495 e. The van der Waals surface area contributed by atoms with Crippen LogP contribution in [0, 0.1) is 0 Å². The number of aromatic nitrogens is 2. The van der Waals surface area contributed by atoms with Gasteiger partial charge in [-0.05, 0) is 30.3 Å². The van der Waals surface area contributed by atoms with E-state index in [2.05, 4.69) is 20.6 Å². The average molecular weight is 361 g/mol. The SMILES string of the molecule is COc1ccccc1Nc1nccc(Nc2c(Cl)cccc2Cl)n1. The summed E-state index contributed by atoms with van der Waals surface area (Å²) >= 11 is 12.3. The fourth-order valence-corrected chi connectivity index (χ4v) is 2.59. The predicted molar refractivity (Wildman–Crippen MR) is 98.1 cm³/mol. The molecule has 3 aromatic rings. The van der Waals surface area contributed by atoms with E-state index < -0.39 is 0 Å². The molecule has 24 heavy (non-hydrogen) atoms. The van der Waals surface area contributed by atoms with Gasteiger partial charge in [-0.2, -0.15) is 4.98 Å². The summed E-state index contributed by atoms with van der Waals surface area (Å²) in [6.07, 6.45) is 1.64. The topological polar surface area (TPSA) is 59.1 Å². The molecular formula is C17H14Cl2N4O. The fourth-order valence-electron chi connectivity index (χ4n) is 2.10. The van der Waals surface area contributed by atoms with Gasteiger partial charge in [0.2, 0.25) is 5.95 Å². The number of hydrogen-bond donors (Lipinski definition) is 2. The lowest BCUT2D eigenvalue weighted by molar-refractivity contribution is 0.417. The molecule has 0 radical (unpaired) electrons. The van der Waals surface area contributed by atoms with Gasteiger partial charge in [-0.3, -0.25) is 0 Å². The Morgan fingerprint density at radius 2 is 1.67 bits per heavy atom. The minimum absolute atomic E-state index is 0.424. The Labute approximate surface area is 149 Å². The summed E-state index contributed by atoms with van der Waals surface area (Å²) in [5.74, 6) is 1.69. The minimum atomic E-state index is 0.424. The zero-order chi connectivity index (χ0) is 16.9. The van der Waals surface area contributed by atoms with Gasteiger partial charge in [-0.1, -0.05) is 41.4 Å². The predicted octanol–water partition coefficient (Wildman–Crippen LogP) is 5.28. The molecule has 0 aliphatic carbocycles. The quantitative estimate of drug-likeness (QED) is 0.648. The van der Waals surface area contributed by atoms with Crippen LogP contribution in [0.25, 0.3) is 0 Å². The summed E-state index contributed by atoms with van der Waals surface area (Å²) < 4.78 is 5.31. The van der Waals surface area contributed by atoms with Gasteiger partial charge in [0.05, 0.1) is 28.5 Å². The molecule has 0 fully saturated rings. The van der Waals surface area contributed by atoms with Gasteiger partial charge in [0.15, 0.2) is 0 Å². The van der Waals surface area contributed by atoms with E-state index in [1.807, 2.05) is 24.3 Å². The average Bonchev–Trinajstić information content (AvgIpc) is 2.59. The Morgan fingerprint density at radius 1 is 0.917 bits per heavy atom. The molecule has 1 aromatic heterocycles. The number of benzene rings is 2. The number of halogens is 2. The fraction of sp³-hybridized carbons (Fsp3) is 0.0588. The van der Waals surface area contributed by atoms with Crippen LogP contribution in [0.4, 0.5) is 23.1 Å². The van der Waals surface area contributed by atoms with E-state index in [0.29, 0.717) is 33.2 Å². The van der Waals surface area contributed by atoms with Crippen molar-refractivity contribution in [2.75, 3.05) is 17.7 Å². The molecule has 0 bridgehead atoms. The first-order valence-corrected chi connectivity index (χ1v) is 7.87. The van der Waals surface area contributed by atoms with Crippen LogP contribution in [0.3, 0.4) is 0 Å². The smallest absolute Gasteiger partial charge is 0.229 e. The lowest BCUT2D eigenvalue weighted by atomic mass is 10.3. The molecule has 0 saturated heterocycles. The third-order valence-electron chi connectivity index (χ3n) is 3.22. The third-order valence-corrected chi connectivity index (χ3v) is 3.85. The second kappa shape index (κ2) is 7.38. The van der Waals surface area contributed by atoms with Crippen LogP contribution in [0.15, 0.2) is 54.7 Å². The molecule has 0 unspecified atom stereocenters. The van der Waals surface area contributed by atoms with Gasteiger partial charge in [-0.25, -0.2) is 4.98 Å². The van der Waals surface area contributed by atoms with Gasteiger partial charge in [0.1, 0.15) is 11.6 Å². The van der Waals surface area contributed by atoms with Crippen molar-refractivity contribution in [3.63, 3.8) is 0 Å². The monoisotopic (exact) mass is 360 g/mol. The molecule has 0 spiro atoms. The maximum atomic E-state index is 6.17. The van der Waals surface area contributed by atoms with Crippen LogP contribution in [-0.4, -0.2) is 17.1 Å². The number of rotatable bonds is 5. The maximum absolute atomic E-state index is 6.17. The Morgan fingerprint density at radius 3 is 2.42 bits per heavy atom. The van der Waals surface area contributed by atoms with Crippen molar-refractivity contribution in [3.8, 4) is 5.75 Å². The van der Waals surface area contributed by atoms with E-state index in [4.69, 9.17) is 27.9 Å². The molecular weight excluding hydrogens is 347 g/mol.